The van der Waals surface area contributed by atoms with E-state index in [2.05, 4.69) is 0 Å². The van der Waals surface area contributed by atoms with Gasteiger partial charge in [-0.2, -0.15) is 0 Å². The molecule has 3 aromatic rings. The molecule has 2 aliphatic heterocycles. The number of aromatic hydroxyl groups is 3. The van der Waals surface area contributed by atoms with E-state index in [1.54, 1.807) is 6.08 Å². The van der Waals surface area contributed by atoms with Crippen LogP contribution in [0.4, 0.5) is 15.8 Å². The lowest BCUT2D eigenvalue weighted by Crippen LogP contribution is -2.43. The van der Waals surface area contributed by atoms with Crippen LogP contribution < -0.4 is 9.80 Å². The molecule has 0 radical (unpaired) electrons. The van der Waals surface area contributed by atoms with Gasteiger partial charge in [0.15, 0.2) is 11.6 Å². The molecule has 3 fully saturated rings. The number of benzene rings is 3. The number of phenols is 3. The Balaban J connectivity index is 1.31. The van der Waals surface area contributed by atoms with E-state index < -0.39 is 105 Å². The van der Waals surface area contributed by atoms with Gasteiger partial charge < -0.3 is 25.5 Å². The Morgan fingerprint density at radius 3 is 1.71 bits per heavy atom. The molecule has 0 spiro atoms. The minimum Gasteiger partial charge on any atom is -0.507 e. The first-order valence-corrected chi connectivity index (χ1v) is 14.9. The quantitative estimate of drug-likeness (QED) is 0.199. The minimum absolute atomic E-state index is 0.0443. The van der Waals surface area contributed by atoms with Gasteiger partial charge in [0.05, 0.1) is 35.0 Å². The third kappa shape index (κ3) is 4.36. The molecule has 2 aliphatic carbocycles. The number of amides is 4. The molecule has 7 rings (SSSR count). The smallest absolute Gasteiger partial charge is 0.339 e. The molecule has 4 amide bonds. The molecule has 5 N–H and O–H groups in total. The van der Waals surface area contributed by atoms with Crippen molar-refractivity contribution < 1.29 is 58.7 Å². The van der Waals surface area contributed by atoms with Crippen molar-refractivity contribution in [3.63, 3.8) is 0 Å². The number of hydrogen-bond acceptors (Lipinski definition) is 9. The molecule has 0 unspecified atom stereocenters. The topological polar surface area (TPSA) is 210 Å². The summed E-state index contributed by atoms with van der Waals surface area (Å²) >= 11 is 0. The maximum absolute atomic E-state index is 14.8. The lowest BCUT2D eigenvalue weighted by Gasteiger charge is -2.44. The number of rotatable bonds is 5. The van der Waals surface area contributed by atoms with E-state index in [0.29, 0.717) is 5.57 Å². The monoisotopic (exact) mass is 656 g/mol. The molecular weight excluding hydrogens is 631 g/mol. The summed E-state index contributed by atoms with van der Waals surface area (Å²) in [5, 5.41) is 49.1. The number of imide groups is 2. The first-order valence-electron chi connectivity index (χ1n) is 14.9. The Bertz CT molecular complexity index is 2040. The first kappa shape index (κ1) is 30.6. The zero-order valence-corrected chi connectivity index (χ0v) is 24.6. The Morgan fingerprint density at radius 1 is 0.646 bits per heavy atom. The molecule has 244 valence electrons. The molecule has 2 saturated heterocycles. The lowest BCUT2D eigenvalue weighted by atomic mass is 9.57. The van der Waals surface area contributed by atoms with Crippen LogP contribution in [0.25, 0.3) is 0 Å². The van der Waals surface area contributed by atoms with Crippen LogP contribution in [-0.4, -0.2) is 61.1 Å². The zero-order chi connectivity index (χ0) is 34.3. The summed E-state index contributed by atoms with van der Waals surface area (Å²) in [5.41, 5.74) is -0.241. The van der Waals surface area contributed by atoms with Crippen molar-refractivity contribution in [2.75, 3.05) is 9.80 Å². The predicted octanol–water partition coefficient (Wildman–Crippen LogP) is 3.38. The van der Waals surface area contributed by atoms with Crippen LogP contribution in [0.3, 0.4) is 0 Å². The largest absolute Gasteiger partial charge is 0.507 e. The number of carboxylic acid groups (broad SMARTS) is 2. The molecule has 2 heterocycles. The van der Waals surface area contributed by atoms with Crippen molar-refractivity contribution in [3.8, 4) is 17.2 Å². The normalized spacial score (nSPS) is 26.2. The summed E-state index contributed by atoms with van der Waals surface area (Å²) in [6.45, 7) is 0. The number of aromatic carboxylic acids is 2. The van der Waals surface area contributed by atoms with Crippen LogP contribution in [0.1, 0.15) is 45.0 Å². The number of carbonyl (C=O) groups is 6. The Kier molecular flexibility index (Phi) is 6.86. The molecule has 3 aromatic carbocycles. The SMILES string of the molecule is O=C(O)c1ccc(N2C(=O)[C@H]3[C@H](CC=C4[C@H]3C[C@H]3C(=O)N(c5ccc(C(=O)O)c(O)c5)C(=O)[C@H]3[C@H]4c3ccc(O)c(F)c3)C2=O)cc1O. The molecule has 0 aromatic heterocycles. The summed E-state index contributed by atoms with van der Waals surface area (Å²) in [5.74, 6) is -14.2. The van der Waals surface area contributed by atoms with E-state index in [-0.39, 0.29) is 29.8 Å². The summed E-state index contributed by atoms with van der Waals surface area (Å²) in [6.07, 6.45) is 1.72. The van der Waals surface area contributed by atoms with Gasteiger partial charge in [-0.25, -0.2) is 23.8 Å². The Labute approximate surface area is 269 Å². The number of hydrogen-bond donors (Lipinski definition) is 5. The summed E-state index contributed by atoms with van der Waals surface area (Å²) in [6, 6.07) is 10.1. The molecule has 0 bridgehead atoms. The molecule has 14 heteroatoms. The molecule has 4 aliphatic rings. The van der Waals surface area contributed by atoms with Gasteiger partial charge in [0, 0.05) is 18.1 Å². The van der Waals surface area contributed by atoms with Crippen molar-refractivity contribution in [1.82, 2.24) is 0 Å². The lowest BCUT2D eigenvalue weighted by molar-refractivity contribution is -0.126. The standard InChI is InChI=1S/C34H25FN2O11/c35-22-9-13(1-8-23(22)38)26-16-6-7-19-27(31(43)36(29(19)41)14-2-4-17(33(45)46)24(39)10-14)20(16)12-21-28(26)32(44)37(30(21)42)15-3-5-18(34(47)48)25(40)11-15/h1-6,8-11,19-21,26-28,38-40H,7,12H2,(H,45,46)(H,47,48)/t19-,20+,21+,26-,27-,28+/m0/s1. The van der Waals surface area contributed by atoms with Crippen molar-refractivity contribution in [3.05, 3.63) is 88.8 Å². The third-order valence-corrected chi connectivity index (χ3v) is 9.92. The minimum atomic E-state index is -1.43. The average molecular weight is 657 g/mol. The molecule has 13 nitrogen and oxygen atoms in total. The number of phenolic OH excluding ortho intramolecular Hbond substituents is 1. The highest BCUT2D eigenvalue weighted by atomic mass is 19.1. The van der Waals surface area contributed by atoms with E-state index in [1.807, 2.05) is 0 Å². The fourth-order valence-electron chi connectivity index (χ4n) is 7.87. The van der Waals surface area contributed by atoms with Crippen LogP contribution in [0.2, 0.25) is 0 Å². The van der Waals surface area contributed by atoms with Gasteiger partial charge in [-0.1, -0.05) is 17.7 Å². The van der Waals surface area contributed by atoms with Crippen LogP contribution in [0, 0.1) is 35.4 Å². The molecule has 48 heavy (non-hydrogen) atoms. The van der Waals surface area contributed by atoms with E-state index in [1.165, 1.54) is 18.2 Å². The zero-order valence-electron chi connectivity index (χ0n) is 24.6. The first-order chi connectivity index (χ1) is 22.8. The summed E-state index contributed by atoms with van der Waals surface area (Å²) in [7, 11) is 0. The highest BCUT2D eigenvalue weighted by Crippen LogP contribution is 2.58. The van der Waals surface area contributed by atoms with Crippen LogP contribution in [-0.2, 0) is 19.2 Å². The summed E-state index contributed by atoms with van der Waals surface area (Å²) in [4.78, 5) is 80.5. The highest BCUT2D eigenvalue weighted by Gasteiger charge is 2.62. The molecular formula is C34H25FN2O11. The fourth-order valence-corrected chi connectivity index (χ4v) is 7.87. The number of halogens is 1. The van der Waals surface area contributed by atoms with Crippen LogP contribution >= 0.6 is 0 Å². The molecule has 1 saturated carbocycles. The number of nitrogens with zero attached hydrogens (tertiary/aromatic N) is 2. The summed E-state index contributed by atoms with van der Waals surface area (Å²) < 4.78 is 14.8. The van der Waals surface area contributed by atoms with Gasteiger partial charge in [-0.15, -0.1) is 0 Å². The van der Waals surface area contributed by atoms with Crippen LogP contribution in [0.5, 0.6) is 17.2 Å². The third-order valence-electron chi connectivity index (χ3n) is 9.92. The van der Waals surface area contributed by atoms with E-state index in [0.717, 1.165) is 46.2 Å². The molecule has 6 atom stereocenters. The second kappa shape index (κ2) is 10.8. The van der Waals surface area contributed by atoms with Gasteiger partial charge in [-0.3, -0.25) is 19.2 Å². The van der Waals surface area contributed by atoms with Crippen molar-refractivity contribution in [2.45, 2.75) is 18.8 Å². The Morgan fingerprint density at radius 2 is 1.19 bits per heavy atom. The van der Waals surface area contributed by atoms with Gasteiger partial charge in [-0.05, 0) is 60.7 Å². The second-order valence-electron chi connectivity index (χ2n) is 12.3. The van der Waals surface area contributed by atoms with Crippen molar-refractivity contribution in [1.29, 1.82) is 0 Å². The number of carboxylic acids is 2. The van der Waals surface area contributed by atoms with Gasteiger partial charge >= 0.3 is 11.9 Å². The van der Waals surface area contributed by atoms with E-state index in [4.69, 9.17) is 0 Å². The number of allylic oxidation sites excluding steroid dienone is 2. The van der Waals surface area contributed by atoms with E-state index in [9.17, 15) is 58.7 Å². The second-order valence-corrected chi connectivity index (χ2v) is 12.3. The van der Waals surface area contributed by atoms with Crippen molar-refractivity contribution >= 4 is 46.9 Å². The van der Waals surface area contributed by atoms with Crippen LogP contribution in [0.15, 0.2) is 66.2 Å². The maximum Gasteiger partial charge on any atom is 0.339 e. The predicted molar refractivity (Wildman–Crippen MR) is 161 cm³/mol. The van der Waals surface area contributed by atoms with Crippen molar-refractivity contribution in [2.24, 2.45) is 29.6 Å². The Hall–Kier alpha value is -6.05. The number of anilines is 2. The maximum atomic E-state index is 14.8. The fraction of sp³-hybridized carbons (Fsp3) is 0.235. The van der Waals surface area contributed by atoms with Gasteiger partial charge in [0.25, 0.3) is 0 Å². The highest BCUT2D eigenvalue weighted by molar-refractivity contribution is 6.24. The van der Waals surface area contributed by atoms with Gasteiger partial charge in [0.1, 0.15) is 22.6 Å². The number of carbonyl (C=O) groups excluding carboxylic acids is 4. The van der Waals surface area contributed by atoms with E-state index >= 15 is 0 Å². The average Bonchev–Trinajstić information content (AvgIpc) is 3.44. The number of fused-ring (bicyclic) bond motifs is 4. The van der Waals surface area contributed by atoms with Gasteiger partial charge in [0.2, 0.25) is 23.6 Å².